The first-order valence-electron chi connectivity index (χ1n) is 12.0. The lowest BCUT2D eigenvalue weighted by atomic mass is 9.94. The fraction of sp³-hybridized carbons (Fsp3) is 0.241. The first-order chi connectivity index (χ1) is 18.0. The summed E-state index contributed by atoms with van der Waals surface area (Å²) in [4.78, 5) is 27.7. The van der Waals surface area contributed by atoms with Crippen molar-refractivity contribution in [1.29, 1.82) is 0 Å². The smallest absolute Gasteiger partial charge is 0.295 e. The number of ether oxygens (including phenoxy) is 4. The molecule has 1 N–H and O–H groups in total. The largest absolute Gasteiger partial charge is 0.507 e. The number of carbonyl (C=O) groups is 2. The van der Waals surface area contributed by atoms with Crippen molar-refractivity contribution < 1.29 is 33.6 Å². The number of benzene rings is 3. The lowest BCUT2D eigenvalue weighted by Crippen LogP contribution is -2.30. The SMILES string of the molecule is CCCN1C(=O)C(=O)/C(=C(/O)c2ccc3c(c2)OCO3)C1c1ccc(OCc2ccccc2)c(OC)c1. The van der Waals surface area contributed by atoms with Gasteiger partial charge in [-0.2, -0.15) is 0 Å². The van der Waals surface area contributed by atoms with Crippen molar-refractivity contribution in [2.45, 2.75) is 26.0 Å². The lowest BCUT2D eigenvalue weighted by molar-refractivity contribution is -0.139. The molecule has 2 aliphatic rings. The van der Waals surface area contributed by atoms with Gasteiger partial charge in [0.05, 0.1) is 18.7 Å². The Labute approximate surface area is 214 Å². The van der Waals surface area contributed by atoms with E-state index in [1.807, 2.05) is 37.3 Å². The number of aliphatic hydroxyl groups excluding tert-OH is 1. The molecule has 190 valence electrons. The minimum atomic E-state index is -0.789. The zero-order valence-corrected chi connectivity index (χ0v) is 20.6. The van der Waals surface area contributed by atoms with Crippen molar-refractivity contribution in [1.82, 2.24) is 4.90 Å². The Bertz CT molecular complexity index is 1370. The Morgan fingerprint density at radius 1 is 1.00 bits per heavy atom. The third kappa shape index (κ3) is 4.58. The first-order valence-corrected chi connectivity index (χ1v) is 12.0. The van der Waals surface area contributed by atoms with Crippen LogP contribution in [0.25, 0.3) is 5.76 Å². The summed E-state index contributed by atoms with van der Waals surface area (Å²) < 4.78 is 22.3. The monoisotopic (exact) mass is 501 g/mol. The molecule has 1 amide bonds. The number of Topliss-reactive ketones (excluding diaryl/α,β-unsaturated/α-hetero) is 1. The van der Waals surface area contributed by atoms with Crippen LogP contribution in [-0.4, -0.2) is 42.1 Å². The number of carbonyl (C=O) groups excluding carboxylic acids is 2. The number of amides is 1. The third-order valence-electron chi connectivity index (χ3n) is 6.39. The summed E-state index contributed by atoms with van der Waals surface area (Å²) in [5.41, 5.74) is 2.00. The Kier molecular flexibility index (Phi) is 6.72. The van der Waals surface area contributed by atoms with Crippen LogP contribution in [0.1, 0.15) is 36.1 Å². The van der Waals surface area contributed by atoms with Crippen molar-refractivity contribution in [3.05, 3.63) is 89.0 Å². The normalized spacial score (nSPS) is 17.8. The third-order valence-corrected chi connectivity index (χ3v) is 6.39. The van der Waals surface area contributed by atoms with E-state index in [0.29, 0.717) is 53.7 Å². The molecule has 1 saturated heterocycles. The van der Waals surface area contributed by atoms with Gasteiger partial charge in [-0.25, -0.2) is 0 Å². The molecule has 0 bridgehead atoms. The highest BCUT2D eigenvalue weighted by atomic mass is 16.7. The minimum absolute atomic E-state index is 0.0114. The zero-order chi connectivity index (χ0) is 25.9. The maximum absolute atomic E-state index is 13.2. The molecule has 3 aromatic rings. The van der Waals surface area contributed by atoms with Crippen LogP contribution in [0.5, 0.6) is 23.0 Å². The van der Waals surface area contributed by atoms with Gasteiger partial charge >= 0.3 is 0 Å². The summed E-state index contributed by atoms with van der Waals surface area (Å²) in [6, 6.07) is 19.1. The van der Waals surface area contributed by atoms with Crippen LogP contribution < -0.4 is 18.9 Å². The summed E-state index contributed by atoms with van der Waals surface area (Å²) in [5, 5.41) is 11.3. The number of ketones is 1. The molecular weight excluding hydrogens is 474 g/mol. The molecule has 0 spiro atoms. The van der Waals surface area contributed by atoms with Crippen molar-refractivity contribution >= 4 is 17.4 Å². The fourth-order valence-corrected chi connectivity index (χ4v) is 4.61. The molecule has 1 unspecified atom stereocenters. The molecule has 2 aliphatic heterocycles. The zero-order valence-electron chi connectivity index (χ0n) is 20.6. The predicted molar refractivity (Wildman–Crippen MR) is 136 cm³/mol. The van der Waals surface area contributed by atoms with Gasteiger partial charge in [-0.1, -0.05) is 43.3 Å². The quantitative estimate of drug-likeness (QED) is 0.268. The van der Waals surface area contributed by atoms with Gasteiger partial charge in [-0.3, -0.25) is 9.59 Å². The van der Waals surface area contributed by atoms with E-state index in [4.69, 9.17) is 18.9 Å². The predicted octanol–water partition coefficient (Wildman–Crippen LogP) is 4.83. The molecule has 2 heterocycles. The number of nitrogens with zero attached hydrogens (tertiary/aromatic N) is 1. The molecule has 37 heavy (non-hydrogen) atoms. The molecule has 0 saturated carbocycles. The topological polar surface area (TPSA) is 94.5 Å². The molecular formula is C29H27NO7. The maximum atomic E-state index is 13.2. The van der Waals surface area contributed by atoms with E-state index < -0.39 is 17.7 Å². The van der Waals surface area contributed by atoms with E-state index in [0.717, 1.165) is 5.56 Å². The standard InChI is InChI=1S/C29H27NO7/c1-3-13-30-26(19-9-11-21(23(14-19)34-2)35-16-18-7-5-4-6-8-18)25(28(32)29(30)33)27(31)20-10-12-22-24(15-20)37-17-36-22/h4-12,14-15,26,31H,3,13,16-17H2,1-2H3/b27-25+. The van der Waals surface area contributed by atoms with Crippen LogP contribution >= 0.6 is 0 Å². The van der Waals surface area contributed by atoms with E-state index >= 15 is 0 Å². The molecule has 8 nitrogen and oxygen atoms in total. The second-order valence-electron chi connectivity index (χ2n) is 8.75. The Hall–Kier alpha value is -4.46. The highest BCUT2D eigenvalue weighted by Gasteiger charge is 2.46. The van der Waals surface area contributed by atoms with E-state index in [-0.39, 0.29) is 18.1 Å². The summed E-state index contributed by atoms with van der Waals surface area (Å²) in [7, 11) is 1.53. The van der Waals surface area contributed by atoms with Gasteiger partial charge in [0.15, 0.2) is 23.0 Å². The molecule has 1 fully saturated rings. The molecule has 0 aliphatic carbocycles. The molecule has 1 atom stereocenters. The minimum Gasteiger partial charge on any atom is -0.507 e. The van der Waals surface area contributed by atoms with Crippen molar-refractivity contribution in [3.8, 4) is 23.0 Å². The van der Waals surface area contributed by atoms with Gasteiger partial charge in [-0.15, -0.1) is 0 Å². The number of likely N-dealkylation sites (tertiary alicyclic amines) is 1. The summed E-state index contributed by atoms with van der Waals surface area (Å²) in [5.74, 6) is 0.329. The average Bonchev–Trinajstić information content (AvgIpc) is 3.50. The van der Waals surface area contributed by atoms with Crippen molar-refractivity contribution in [3.63, 3.8) is 0 Å². The number of fused-ring (bicyclic) bond motifs is 1. The van der Waals surface area contributed by atoms with E-state index in [1.54, 1.807) is 36.4 Å². The number of aliphatic hydroxyl groups is 1. The van der Waals surface area contributed by atoms with Crippen molar-refractivity contribution in [2.75, 3.05) is 20.4 Å². The maximum Gasteiger partial charge on any atom is 0.295 e. The van der Waals surface area contributed by atoms with Crippen molar-refractivity contribution in [2.24, 2.45) is 0 Å². The van der Waals surface area contributed by atoms with Crippen LogP contribution in [0, 0.1) is 0 Å². The van der Waals surface area contributed by atoms with Crippen LogP contribution in [-0.2, 0) is 16.2 Å². The molecule has 0 radical (unpaired) electrons. The summed E-state index contributed by atoms with van der Waals surface area (Å²) in [6.07, 6.45) is 0.642. The van der Waals surface area contributed by atoms with Crippen LogP contribution in [0.2, 0.25) is 0 Å². The van der Waals surface area contributed by atoms with Gasteiger partial charge in [0.1, 0.15) is 12.4 Å². The number of methoxy groups -OCH3 is 1. The molecule has 0 aromatic heterocycles. The van der Waals surface area contributed by atoms with Gasteiger partial charge in [-0.05, 0) is 47.9 Å². The lowest BCUT2D eigenvalue weighted by Gasteiger charge is -2.25. The molecule has 3 aromatic carbocycles. The Morgan fingerprint density at radius 3 is 2.54 bits per heavy atom. The summed E-state index contributed by atoms with van der Waals surface area (Å²) in [6.45, 7) is 2.71. The second-order valence-corrected chi connectivity index (χ2v) is 8.75. The Morgan fingerprint density at radius 2 is 1.78 bits per heavy atom. The van der Waals surface area contributed by atoms with E-state index in [1.165, 1.54) is 12.0 Å². The average molecular weight is 502 g/mol. The van der Waals surface area contributed by atoms with E-state index in [9.17, 15) is 14.7 Å². The van der Waals surface area contributed by atoms with Gasteiger partial charge in [0.25, 0.3) is 11.7 Å². The number of rotatable bonds is 8. The van der Waals surface area contributed by atoms with Crippen LogP contribution in [0.15, 0.2) is 72.3 Å². The molecule has 8 heteroatoms. The van der Waals surface area contributed by atoms with E-state index in [2.05, 4.69) is 0 Å². The fourth-order valence-electron chi connectivity index (χ4n) is 4.61. The van der Waals surface area contributed by atoms with Crippen LogP contribution in [0.4, 0.5) is 0 Å². The molecule has 5 rings (SSSR count). The van der Waals surface area contributed by atoms with Gasteiger partial charge in [0.2, 0.25) is 6.79 Å². The number of hydrogen-bond acceptors (Lipinski definition) is 7. The highest BCUT2D eigenvalue weighted by molar-refractivity contribution is 6.46. The van der Waals surface area contributed by atoms with Gasteiger partial charge < -0.3 is 29.0 Å². The van der Waals surface area contributed by atoms with Crippen LogP contribution in [0.3, 0.4) is 0 Å². The number of hydrogen-bond donors (Lipinski definition) is 1. The second kappa shape index (κ2) is 10.3. The Balaban J connectivity index is 1.54. The highest BCUT2D eigenvalue weighted by Crippen LogP contribution is 2.43. The van der Waals surface area contributed by atoms with Gasteiger partial charge in [0, 0.05) is 12.1 Å². The summed E-state index contributed by atoms with van der Waals surface area (Å²) >= 11 is 0. The first kappa shape index (κ1) is 24.2.